The molecule has 3 fully saturated rings. The molecule has 0 saturated carbocycles. The van der Waals surface area contributed by atoms with Gasteiger partial charge in [0.25, 0.3) is 0 Å². The number of nitrogens with zero attached hydrogens (tertiary/aromatic N) is 3. The summed E-state index contributed by atoms with van der Waals surface area (Å²) in [6.45, 7) is 3.22. The average Bonchev–Trinajstić information content (AvgIpc) is 3.13. The molecule has 0 unspecified atom stereocenters. The fourth-order valence-corrected chi connectivity index (χ4v) is 4.18. The van der Waals surface area contributed by atoms with Crippen molar-refractivity contribution in [2.75, 3.05) is 19.6 Å². The summed E-state index contributed by atoms with van der Waals surface area (Å²) < 4.78 is 44.7. The molecule has 1 aromatic carbocycles. The highest BCUT2D eigenvalue weighted by Crippen LogP contribution is 2.33. The molecule has 1 N–H and O–H groups in total. The second-order valence-electron chi connectivity index (χ2n) is 7.53. The molecule has 3 aliphatic heterocycles. The first kappa shape index (κ1) is 17.5. The van der Waals surface area contributed by atoms with E-state index in [0.717, 1.165) is 38.5 Å². The van der Waals surface area contributed by atoms with E-state index in [1.807, 2.05) is 0 Å². The summed E-state index contributed by atoms with van der Waals surface area (Å²) in [5, 5.41) is 8.88. The number of benzene rings is 1. The molecule has 0 spiro atoms. The number of piperidine rings is 3. The number of ether oxygens (including phenoxy) is 1. The number of aromatic amines is 1. The molecule has 3 aliphatic rings. The van der Waals surface area contributed by atoms with Crippen LogP contribution in [0.4, 0.5) is 13.2 Å². The predicted octanol–water partition coefficient (Wildman–Crippen LogP) is 4.12. The van der Waals surface area contributed by atoms with E-state index in [9.17, 15) is 13.2 Å². The van der Waals surface area contributed by atoms with Crippen LogP contribution in [0.5, 0.6) is 5.88 Å². The van der Waals surface area contributed by atoms with Crippen LogP contribution < -0.4 is 4.74 Å². The SMILES string of the molecule is FC(F)(F)c1cc2cc(-c3ccc(O[C@H]4CN5CCC4CC5)nn3)ccc2[nH]1. The fraction of sp³-hybridized carbons (Fsp3) is 0.400. The number of hydrogen-bond acceptors (Lipinski definition) is 4. The number of hydrogen-bond donors (Lipinski definition) is 1. The number of fused-ring (bicyclic) bond motifs is 4. The maximum Gasteiger partial charge on any atom is 0.431 e. The van der Waals surface area contributed by atoms with E-state index in [2.05, 4.69) is 20.1 Å². The standard InChI is InChI=1S/C20H19F3N4O/c21-20(22,23)18-10-14-9-13(1-2-15(14)24-18)16-3-4-19(26-25-16)28-17-11-27-7-5-12(17)6-8-27/h1-4,9-10,12,17,24H,5-8,11H2/t17-/m0/s1. The molecule has 5 nitrogen and oxygen atoms in total. The number of nitrogens with one attached hydrogen (secondary N) is 1. The smallest absolute Gasteiger partial charge is 0.431 e. The fourth-order valence-electron chi connectivity index (χ4n) is 4.18. The molecule has 6 rings (SSSR count). The molecule has 0 radical (unpaired) electrons. The Morgan fingerprint density at radius 1 is 1.04 bits per heavy atom. The molecule has 5 heterocycles. The number of alkyl halides is 3. The molecule has 2 aromatic heterocycles. The van der Waals surface area contributed by atoms with Crippen molar-refractivity contribution in [3.63, 3.8) is 0 Å². The highest BCUT2D eigenvalue weighted by atomic mass is 19.4. The number of rotatable bonds is 3. The Balaban J connectivity index is 1.35. The van der Waals surface area contributed by atoms with E-state index < -0.39 is 11.9 Å². The van der Waals surface area contributed by atoms with Crippen LogP contribution >= 0.6 is 0 Å². The highest BCUT2D eigenvalue weighted by Gasteiger charge is 2.36. The summed E-state index contributed by atoms with van der Waals surface area (Å²) in [5.74, 6) is 1.06. The van der Waals surface area contributed by atoms with Gasteiger partial charge in [0.2, 0.25) is 5.88 Å². The topological polar surface area (TPSA) is 54.0 Å². The molecule has 2 bridgehead atoms. The lowest BCUT2D eigenvalue weighted by Gasteiger charge is -2.44. The van der Waals surface area contributed by atoms with Crippen molar-refractivity contribution in [2.45, 2.75) is 25.1 Å². The molecular formula is C20H19F3N4O. The first-order chi connectivity index (χ1) is 13.5. The Kier molecular flexibility index (Phi) is 4.04. The first-order valence-corrected chi connectivity index (χ1v) is 9.39. The van der Waals surface area contributed by atoms with E-state index in [1.54, 1.807) is 30.3 Å². The Morgan fingerprint density at radius 2 is 1.86 bits per heavy atom. The van der Waals surface area contributed by atoms with Crippen LogP contribution in [0.3, 0.4) is 0 Å². The van der Waals surface area contributed by atoms with Crippen molar-refractivity contribution in [3.05, 3.63) is 42.1 Å². The van der Waals surface area contributed by atoms with Crippen molar-refractivity contribution in [1.29, 1.82) is 0 Å². The molecule has 3 aromatic rings. The highest BCUT2D eigenvalue weighted by molar-refractivity contribution is 5.85. The van der Waals surface area contributed by atoms with Gasteiger partial charge in [-0.3, -0.25) is 4.90 Å². The normalized spacial score (nSPS) is 24.6. The van der Waals surface area contributed by atoms with E-state index in [-0.39, 0.29) is 6.10 Å². The molecule has 3 saturated heterocycles. The van der Waals surface area contributed by atoms with Gasteiger partial charge in [-0.25, -0.2) is 0 Å². The van der Waals surface area contributed by atoms with Gasteiger partial charge in [-0.05, 0) is 56.1 Å². The Bertz CT molecular complexity index is 991. The average molecular weight is 388 g/mol. The quantitative estimate of drug-likeness (QED) is 0.734. The van der Waals surface area contributed by atoms with Crippen molar-refractivity contribution in [2.24, 2.45) is 5.92 Å². The molecule has 0 aliphatic carbocycles. The maximum atomic E-state index is 12.9. The minimum atomic E-state index is -4.40. The summed E-state index contributed by atoms with van der Waals surface area (Å²) in [6, 6.07) is 9.72. The van der Waals surface area contributed by atoms with Gasteiger partial charge in [0.15, 0.2) is 0 Å². The largest absolute Gasteiger partial charge is 0.472 e. The van der Waals surface area contributed by atoms with Crippen molar-refractivity contribution in [1.82, 2.24) is 20.1 Å². The first-order valence-electron chi connectivity index (χ1n) is 9.39. The van der Waals surface area contributed by atoms with E-state index in [1.165, 1.54) is 0 Å². The van der Waals surface area contributed by atoms with Crippen molar-refractivity contribution in [3.8, 4) is 17.1 Å². The number of aromatic nitrogens is 3. The maximum absolute atomic E-state index is 12.9. The van der Waals surface area contributed by atoms with Crippen molar-refractivity contribution >= 4 is 10.9 Å². The van der Waals surface area contributed by atoms with Crippen LogP contribution in [-0.4, -0.2) is 45.8 Å². The van der Waals surface area contributed by atoms with E-state index >= 15 is 0 Å². The van der Waals surface area contributed by atoms with Gasteiger partial charge in [-0.1, -0.05) is 6.07 Å². The number of halogens is 3. The molecular weight excluding hydrogens is 369 g/mol. The number of H-pyrrole nitrogens is 1. The van der Waals surface area contributed by atoms with Crippen LogP contribution in [0.2, 0.25) is 0 Å². The van der Waals surface area contributed by atoms with Crippen LogP contribution in [0, 0.1) is 5.92 Å². The van der Waals surface area contributed by atoms with Gasteiger partial charge < -0.3 is 9.72 Å². The zero-order valence-electron chi connectivity index (χ0n) is 15.0. The molecule has 28 heavy (non-hydrogen) atoms. The summed E-state index contributed by atoms with van der Waals surface area (Å²) in [5.41, 5.74) is 0.985. The van der Waals surface area contributed by atoms with Crippen LogP contribution in [0.25, 0.3) is 22.2 Å². The van der Waals surface area contributed by atoms with Crippen LogP contribution in [0.15, 0.2) is 36.4 Å². The van der Waals surface area contributed by atoms with Gasteiger partial charge in [0.05, 0.1) is 5.69 Å². The Morgan fingerprint density at radius 3 is 2.50 bits per heavy atom. The Hall–Kier alpha value is -2.61. The molecule has 1 atom stereocenters. The van der Waals surface area contributed by atoms with Crippen LogP contribution in [-0.2, 0) is 6.18 Å². The Labute approximate surface area is 159 Å². The minimum absolute atomic E-state index is 0.152. The van der Waals surface area contributed by atoms with E-state index in [0.29, 0.717) is 34.0 Å². The minimum Gasteiger partial charge on any atom is -0.472 e. The second-order valence-corrected chi connectivity index (χ2v) is 7.53. The summed E-state index contributed by atoms with van der Waals surface area (Å²) in [6.07, 6.45) is -1.92. The van der Waals surface area contributed by atoms with Gasteiger partial charge in [-0.15, -0.1) is 10.2 Å². The summed E-state index contributed by atoms with van der Waals surface area (Å²) >= 11 is 0. The molecule has 8 heteroatoms. The third-order valence-electron chi connectivity index (χ3n) is 5.73. The van der Waals surface area contributed by atoms with Gasteiger partial charge in [0.1, 0.15) is 11.8 Å². The zero-order valence-corrected chi connectivity index (χ0v) is 15.0. The molecule has 0 amide bonds. The van der Waals surface area contributed by atoms with Gasteiger partial charge in [-0.2, -0.15) is 13.2 Å². The van der Waals surface area contributed by atoms with Crippen molar-refractivity contribution < 1.29 is 17.9 Å². The predicted molar refractivity (Wildman–Crippen MR) is 97.9 cm³/mol. The molecule has 146 valence electrons. The second kappa shape index (κ2) is 6.48. The lowest BCUT2D eigenvalue weighted by atomic mass is 9.86. The third-order valence-corrected chi connectivity index (χ3v) is 5.73. The van der Waals surface area contributed by atoms with Gasteiger partial charge in [0, 0.05) is 29.1 Å². The lowest BCUT2D eigenvalue weighted by molar-refractivity contribution is -0.140. The monoisotopic (exact) mass is 388 g/mol. The van der Waals surface area contributed by atoms with Crippen LogP contribution in [0.1, 0.15) is 18.5 Å². The third kappa shape index (κ3) is 3.22. The van der Waals surface area contributed by atoms with Gasteiger partial charge >= 0.3 is 6.18 Å². The summed E-state index contributed by atoms with van der Waals surface area (Å²) in [7, 11) is 0. The van der Waals surface area contributed by atoms with E-state index in [4.69, 9.17) is 4.74 Å². The zero-order chi connectivity index (χ0) is 19.3. The lowest BCUT2D eigenvalue weighted by Crippen LogP contribution is -2.52. The summed E-state index contributed by atoms with van der Waals surface area (Å²) in [4.78, 5) is 4.81.